The summed E-state index contributed by atoms with van der Waals surface area (Å²) in [5.41, 5.74) is 0.321. The Bertz CT molecular complexity index is 1280. The maximum Gasteiger partial charge on any atom is 0.417 e. The van der Waals surface area contributed by atoms with E-state index >= 15 is 0 Å². The van der Waals surface area contributed by atoms with Gasteiger partial charge in [0.1, 0.15) is 5.03 Å². The van der Waals surface area contributed by atoms with Crippen molar-refractivity contribution >= 4 is 50.5 Å². The van der Waals surface area contributed by atoms with Crippen molar-refractivity contribution < 1.29 is 26.4 Å². The first kappa shape index (κ1) is 21.9. The monoisotopic (exact) mass is 491 g/mol. The van der Waals surface area contributed by atoms with Crippen molar-refractivity contribution in [3.05, 3.63) is 47.1 Å². The maximum atomic E-state index is 12.9. The van der Waals surface area contributed by atoms with Crippen LogP contribution in [0.3, 0.4) is 0 Å². The number of halogens is 4. The minimum Gasteiger partial charge on any atom is -0.317 e. The van der Waals surface area contributed by atoms with Gasteiger partial charge in [-0.1, -0.05) is 23.7 Å². The molecule has 1 aliphatic rings. The van der Waals surface area contributed by atoms with Crippen molar-refractivity contribution in [2.75, 3.05) is 13.1 Å². The molecule has 0 bridgehead atoms. The van der Waals surface area contributed by atoms with E-state index in [9.17, 15) is 26.4 Å². The lowest BCUT2D eigenvalue weighted by Crippen LogP contribution is -2.32. The van der Waals surface area contributed by atoms with Gasteiger partial charge in [0.25, 0.3) is 0 Å². The van der Waals surface area contributed by atoms with Crippen molar-refractivity contribution in [2.24, 2.45) is 0 Å². The van der Waals surface area contributed by atoms with Gasteiger partial charge in [0.15, 0.2) is 5.16 Å². The molecular formula is C17H13ClF3N5O3S2. The van der Waals surface area contributed by atoms with Crippen LogP contribution in [0.4, 0.5) is 13.2 Å². The van der Waals surface area contributed by atoms with Gasteiger partial charge in [0.05, 0.1) is 28.2 Å². The second kappa shape index (κ2) is 7.97. The van der Waals surface area contributed by atoms with Crippen molar-refractivity contribution in [3.63, 3.8) is 0 Å². The number of para-hydroxylation sites is 2. The van der Waals surface area contributed by atoms with Crippen LogP contribution in [0.25, 0.3) is 11.0 Å². The van der Waals surface area contributed by atoms with Gasteiger partial charge >= 0.3 is 16.4 Å². The average Bonchev–Trinajstić information content (AvgIpc) is 3.15. The molecule has 0 radical (unpaired) electrons. The predicted octanol–water partition coefficient (Wildman–Crippen LogP) is 2.93. The van der Waals surface area contributed by atoms with Crippen molar-refractivity contribution in [2.45, 2.75) is 22.9 Å². The first-order chi connectivity index (χ1) is 14.5. The number of carbonyl (C=O) groups excluding carboxylic acids is 1. The van der Waals surface area contributed by atoms with Crippen LogP contribution in [0.2, 0.25) is 5.02 Å². The molecule has 1 N–H and O–H groups in total. The molecule has 164 valence electrons. The Morgan fingerprint density at radius 1 is 1.23 bits per heavy atom. The topological polar surface area (TPSA) is 97.2 Å². The molecule has 0 atom stereocenters. The molecular weight excluding hydrogens is 479 g/mol. The number of pyridine rings is 1. The summed E-state index contributed by atoms with van der Waals surface area (Å²) < 4.78 is 67.1. The van der Waals surface area contributed by atoms with Gasteiger partial charge in [0.2, 0.25) is 5.91 Å². The van der Waals surface area contributed by atoms with E-state index in [0.29, 0.717) is 22.4 Å². The fraction of sp³-hybridized carbons (Fsp3) is 0.235. The van der Waals surface area contributed by atoms with Crippen LogP contribution in [-0.2, 0) is 27.7 Å². The van der Waals surface area contributed by atoms with E-state index in [0.717, 1.165) is 22.1 Å². The summed E-state index contributed by atoms with van der Waals surface area (Å²) in [6.07, 6.45) is -3.88. The molecule has 1 saturated heterocycles. The third-order valence-corrected chi connectivity index (χ3v) is 7.31. The summed E-state index contributed by atoms with van der Waals surface area (Å²) in [5.74, 6) is -0.620. The summed E-state index contributed by atoms with van der Waals surface area (Å²) >= 11 is 6.98. The van der Waals surface area contributed by atoms with E-state index in [2.05, 4.69) is 9.97 Å². The van der Waals surface area contributed by atoms with Crippen LogP contribution in [0.5, 0.6) is 0 Å². The van der Waals surface area contributed by atoms with Crippen LogP contribution >= 0.6 is 23.4 Å². The van der Waals surface area contributed by atoms with E-state index in [-0.39, 0.29) is 29.7 Å². The second-order valence-electron chi connectivity index (χ2n) is 6.51. The molecule has 1 aromatic carbocycles. The van der Waals surface area contributed by atoms with Gasteiger partial charge < -0.3 is 4.57 Å². The number of fused-ring (bicyclic) bond motifs is 1. The molecule has 0 unspecified atom stereocenters. The van der Waals surface area contributed by atoms with Crippen LogP contribution in [0.1, 0.15) is 5.56 Å². The van der Waals surface area contributed by atoms with Crippen molar-refractivity contribution in [1.82, 2.24) is 23.6 Å². The summed E-state index contributed by atoms with van der Waals surface area (Å²) in [6.45, 7) is -0.151. The Morgan fingerprint density at radius 2 is 1.97 bits per heavy atom. The van der Waals surface area contributed by atoms with E-state index in [4.69, 9.17) is 11.6 Å². The van der Waals surface area contributed by atoms with Gasteiger partial charge in [-0.05, 0) is 30.0 Å². The summed E-state index contributed by atoms with van der Waals surface area (Å²) in [7, 11) is -3.89. The quantitative estimate of drug-likeness (QED) is 0.589. The fourth-order valence-corrected chi connectivity index (χ4v) is 5.24. The highest BCUT2D eigenvalue weighted by atomic mass is 35.5. The number of rotatable bonds is 5. The summed E-state index contributed by atoms with van der Waals surface area (Å²) in [6, 6.07) is 7.85. The number of benzene rings is 1. The average molecular weight is 492 g/mol. The number of nitrogens with zero attached hydrogens (tertiary/aromatic N) is 4. The summed E-state index contributed by atoms with van der Waals surface area (Å²) in [4.78, 5) is 19.7. The van der Waals surface area contributed by atoms with Crippen LogP contribution in [-0.4, -0.2) is 46.3 Å². The Kier molecular flexibility index (Phi) is 5.62. The second-order valence-corrected chi connectivity index (χ2v) is 9.54. The molecule has 0 spiro atoms. The van der Waals surface area contributed by atoms with Gasteiger partial charge in [0, 0.05) is 19.3 Å². The van der Waals surface area contributed by atoms with E-state index in [1.54, 1.807) is 28.8 Å². The minimum absolute atomic E-state index is 0.0108. The molecule has 1 amide bonds. The number of amides is 1. The molecule has 3 heterocycles. The van der Waals surface area contributed by atoms with Gasteiger partial charge in [-0.25, -0.2) is 14.7 Å². The number of alkyl halides is 3. The predicted molar refractivity (Wildman–Crippen MR) is 107 cm³/mol. The van der Waals surface area contributed by atoms with Crippen LogP contribution < -0.4 is 4.72 Å². The molecule has 3 aromatic rings. The van der Waals surface area contributed by atoms with Gasteiger partial charge in [-0.15, -0.1) is 0 Å². The smallest absolute Gasteiger partial charge is 0.317 e. The molecule has 8 nitrogen and oxygen atoms in total. The zero-order valence-electron chi connectivity index (χ0n) is 15.4. The Morgan fingerprint density at radius 3 is 2.61 bits per heavy atom. The zero-order valence-corrected chi connectivity index (χ0v) is 17.8. The number of hydrogen-bond donors (Lipinski definition) is 1. The molecule has 2 aromatic heterocycles. The normalized spacial score (nSPS) is 16.7. The lowest BCUT2D eigenvalue weighted by molar-refractivity contribution is -0.137. The molecule has 31 heavy (non-hydrogen) atoms. The molecule has 4 rings (SSSR count). The highest BCUT2D eigenvalue weighted by molar-refractivity contribution is 7.99. The van der Waals surface area contributed by atoms with Gasteiger partial charge in [-0.2, -0.15) is 25.9 Å². The Balaban J connectivity index is 1.65. The lowest BCUT2D eigenvalue weighted by atomic mass is 10.3. The largest absolute Gasteiger partial charge is 0.417 e. The Hall–Kier alpha value is -2.35. The summed E-state index contributed by atoms with van der Waals surface area (Å²) in [5, 5.41) is 0.304. The van der Waals surface area contributed by atoms with E-state index in [1.165, 1.54) is 0 Å². The number of imidazole rings is 1. The highest BCUT2D eigenvalue weighted by Gasteiger charge is 2.34. The minimum atomic E-state index is -4.57. The molecule has 0 aliphatic carbocycles. The zero-order chi connectivity index (χ0) is 22.4. The third kappa shape index (κ3) is 4.49. The maximum absolute atomic E-state index is 12.9. The first-order valence-corrected chi connectivity index (χ1v) is 11.3. The number of carbonyl (C=O) groups is 1. The molecule has 14 heteroatoms. The van der Waals surface area contributed by atoms with Crippen molar-refractivity contribution in [1.29, 1.82) is 0 Å². The number of nitrogens with one attached hydrogen (secondary N) is 1. The fourth-order valence-electron chi connectivity index (χ4n) is 2.99. The number of aromatic nitrogens is 3. The SMILES string of the molecule is O=C1CN(CCn2c(Sc3ncc(C(F)(F)F)cc3Cl)nc3ccccc32)S(=O)(=O)N1. The third-order valence-electron chi connectivity index (χ3n) is 4.42. The van der Waals surface area contributed by atoms with Crippen LogP contribution in [0.15, 0.2) is 46.7 Å². The van der Waals surface area contributed by atoms with E-state index < -0.39 is 27.9 Å². The highest BCUT2D eigenvalue weighted by Crippen LogP contribution is 2.37. The lowest BCUT2D eigenvalue weighted by Gasteiger charge is -2.15. The number of hydrogen-bond acceptors (Lipinski definition) is 6. The first-order valence-electron chi connectivity index (χ1n) is 8.71. The standard InChI is InChI=1S/C17H13ClF3N5O3S2/c18-11-7-10(17(19,20)21)8-22-15(11)30-16-23-12-3-1-2-4-13(12)26(16)6-5-25-9-14(27)24-31(25,28)29/h1-4,7-8H,5-6,9H2,(H,24,27). The Labute approximate surface area is 183 Å². The molecule has 1 fully saturated rings. The van der Waals surface area contributed by atoms with Crippen molar-refractivity contribution in [3.8, 4) is 0 Å². The molecule has 0 saturated carbocycles. The molecule has 1 aliphatic heterocycles. The van der Waals surface area contributed by atoms with Gasteiger partial charge in [-0.3, -0.25) is 4.79 Å². The van der Waals surface area contributed by atoms with E-state index in [1.807, 2.05) is 4.72 Å². The van der Waals surface area contributed by atoms with Crippen LogP contribution in [0, 0.1) is 0 Å².